The highest BCUT2D eigenvalue weighted by molar-refractivity contribution is 6.46. The average molecular weight is 399 g/mol. The van der Waals surface area contributed by atoms with Crippen LogP contribution in [-0.2, 0) is 9.59 Å². The minimum absolute atomic E-state index is 0.127. The fourth-order valence-electron chi connectivity index (χ4n) is 3.53. The van der Waals surface area contributed by atoms with Gasteiger partial charge in [0.25, 0.3) is 11.8 Å². The summed E-state index contributed by atoms with van der Waals surface area (Å²) in [4.78, 5) is 29.6. The molecular formula is C22H23ClN2O3. The van der Waals surface area contributed by atoms with Gasteiger partial charge in [0.2, 0.25) is 0 Å². The molecule has 0 saturated carbocycles. The van der Waals surface area contributed by atoms with E-state index in [-0.39, 0.29) is 24.8 Å². The van der Waals surface area contributed by atoms with Crippen LogP contribution in [0.5, 0.6) is 0 Å². The first kappa shape index (κ1) is 20.1. The predicted molar refractivity (Wildman–Crippen MR) is 111 cm³/mol. The molecule has 28 heavy (non-hydrogen) atoms. The van der Waals surface area contributed by atoms with Gasteiger partial charge in [-0.1, -0.05) is 41.4 Å². The summed E-state index contributed by atoms with van der Waals surface area (Å²) in [5.74, 6) is -0.802. The highest BCUT2D eigenvalue weighted by Gasteiger charge is 2.42. The number of imide groups is 1. The molecule has 1 aliphatic heterocycles. The number of halogens is 1. The Balaban J connectivity index is 2.21. The van der Waals surface area contributed by atoms with E-state index < -0.39 is 5.91 Å². The van der Waals surface area contributed by atoms with Gasteiger partial charge in [0, 0.05) is 18.6 Å². The molecule has 0 atom stereocenters. The van der Waals surface area contributed by atoms with Crippen molar-refractivity contribution in [2.45, 2.75) is 20.8 Å². The van der Waals surface area contributed by atoms with Gasteiger partial charge in [-0.05, 0) is 49.6 Å². The number of hydrogen-bond donors (Lipinski definition) is 1. The van der Waals surface area contributed by atoms with Crippen LogP contribution in [0.4, 0.5) is 5.69 Å². The third-order valence-corrected chi connectivity index (χ3v) is 5.42. The Morgan fingerprint density at radius 1 is 1.07 bits per heavy atom. The molecule has 3 rings (SSSR count). The number of amides is 2. The standard InChI is InChI=1S/C22H23ClN2O3/c1-13-8-9-16(14(2)12-13)19-20(24(4)10-11-26)22(28)25(21(19)27)18-7-5-6-17(23)15(18)3/h5-9,12,26H,10-11H2,1-4H3. The van der Waals surface area contributed by atoms with E-state index in [1.54, 1.807) is 37.1 Å². The van der Waals surface area contributed by atoms with Crippen LogP contribution in [0.25, 0.3) is 5.57 Å². The molecule has 0 spiro atoms. The Hall–Kier alpha value is -2.63. The summed E-state index contributed by atoms with van der Waals surface area (Å²) in [6.45, 7) is 5.80. The Kier molecular flexibility index (Phi) is 5.59. The summed E-state index contributed by atoms with van der Waals surface area (Å²) < 4.78 is 0. The van der Waals surface area contributed by atoms with Crippen LogP contribution in [0.3, 0.4) is 0 Å². The fourth-order valence-corrected chi connectivity index (χ4v) is 3.70. The van der Waals surface area contributed by atoms with E-state index in [1.807, 2.05) is 32.0 Å². The second kappa shape index (κ2) is 7.78. The van der Waals surface area contributed by atoms with E-state index in [4.69, 9.17) is 11.6 Å². The lowest BCUT2D eigenvalue weighted by Gasteiger charge is -2.21. The quantitative estimate of drug-likeness (QED) is 0.783. The Bertz CT molecular complexity index is 997. The molecule has 2 aromatic rings. The number of nitrogens with zero attached hydrogens (tertiary/aromatic N) is 2. The molecular weight excluding hydrogens is 376 g/mol. The lowest BCUT2D eigenvalue weighted by Crippen LogP contribution is -2.35. The highest BCUT2D eigenvalue weighted by Crippen LogP contribution is 2.38. The molecule has 2 amide bonds. The number of hydrogen-bond acceptors (Lipinski definition) is 4. The van der Waals surface area contributed by atoms with Gasteiger partial charge >= 0.3 is 0 Å². The van der Waals surface area contributed by atoms with Crippen molar-refractivity contribution in [1.82, 2.24) is 4.90 Å². The van der Waals surface area contributed by atoms with Crippen LogP contribution in [0.15, 0.2) is 42.1 Å². The molecule has 0 saturated heterocycles. The van der Waals surface area contributed by atoms with Gasteiger partial charge in [0.15, 0.2) is 0 Å². The van der Waals surface area contributed by atoms with Crippen molar-refractivity contribution in [3.8, 4) is 0 Å². The van der Waals surface area contributed by atoms with Crippen molar-refractivity contribution in [3.63, 3.8) is 0 Å². The van der Waals surface area contributed by atoms with Crippen LogP contribution >= 0.6 is 11.6 Å². The van der Waals surface area contributed by atoms with Gasteiger partial charge < -0.3 is 10.0 Å². The highest BCUT2D eigenvalue weighted by atomic mass is 35.5. The largest absolute Gasteiger partial charge is 0.395 e. The van der Waals surface area contributed by atoms with E-state index in [0.29, 0.717) is 27.4 Å². The summed E-state index contributed by atoms with van der Waals surface area (Å²) >= 11 is 6.23. The molecule has 2 aromatic carbocycles. The van der Waals surface area contributed by atoms with Crippen molar-refractivity contribution in [3.05, 3.63) is 69.4 Å². The number of carbonyl (C=O) groups excluding carboxylic acids is 2. The molecule has 1 N–H and O–H groups in total. The van der Waals surface area contributed by atoms with Crippen molar-refractivity contribution in [2.24, 2.45) is 0 Å². The zero-order chi connectivity index (χ0) is 20.6. The zero-order valence-corrected chi connectivity index (χ0v) is 17.2. The van der Waals surface area contributed by atoms with Crippen molar-refractivity contribution < 1.29 is 14.7 Å². The Morgan fingerprint density at radius 2 is 1.79 bits per heavy atom. The number of benzene rings is 2. The average Bonchev–Trinajstić information content (AvgIpc) is 2.88. The minimum atomic E-state index is -0.415. The number of rotatable bonds is 5. The first-order chi connectivity index (χ1) is 13.3. The van der Waals surface area contributed by atoms with Crippen LogP contribution in [-0.4, -0.2) is 42.0 Å². The second-order valence-electron chi connectivity index (χ2n) is 7.02. The van der Waals surface area contributed by atoms with Crippen LogP contribution < -0.4 is 4.90 Å². The first-order valence-electron chi connectivity index (χ1n) is 9.05. The number of aliphatic hydroxyl groups is 1. The van der Waals surface area contributed by atoms with E-state index >= 15 is 0 Å². The third kappa shape index (κ3) is 3.32. The van der Waals surface area contributed by atoms with E-state index in [2.05, 4.69) is 0 Å². The Labute approximate surface area is 169 Å². The number of carbonyl (C=O) groups is 2. The van der Waals surface area contributed by atoms with E-state index in [1.165, 1.54) is 4.90 Å². The van der Waals surface area contributed by atoms with Crippen LogP contribution in [0.1, 0.15) is 22.3 Å². The summed E-state index contributed by atoms with van der Waals surface area (Å²) in [6, 6.07) is 10.9. The number of likely N-dealkylation sites (N-methyl/N-ethyl adjacent to an activating group) is 1. The topological polar surface area (TPSA) is 60.9 Å². The summed E-state index contributed by atoms with van der Waals surface area (Å²) in [6.07, 6.45) is 0. The van der Waals surface area contributed by atoms with Crippen LogP contribution in [0, 0.1) is 20.8 Å². The maximum absolute atomic E-state index is 13.5. The molecule has 1 aliphatic rings. The van der Waals surface area contributed by atoms with Crippen molar-refractivity contribution in [2.75, 3.05) is 25.1 Å². The van der Waals surface area contributed by atoms with E-state index in [9.17, 15) is 14.7 Å². The van der Waals surface area contributed by atoms with Crippen LogP contribution in [0.2, 0.25) is 5.02 Å². The summed E-state index contributed by atoms with van der Waals surface area (Å²) in [5, 5.41) is 9.86. The molecule has 0 unspecified atom stereocenters. The monoisotopic (exact) mass is 398 g/mol. The summed E-state index contributed by atoms with van der Waals surface area (Å²) in [5.41, 5.74) is 4.46. The molecule has 6 heteroatoms. The SMILES string of the molecule is Cc1ccc(C2=C(N(C)CCO)C(=O)N(c3cccc(Cl)c3C)C2=O)c(C)c1. The third-order valence-electron chi connectivity index (χ3n) is 5.01. The van der Waals surface area contributed by atoms with Gasteiger partial charge in [0.1, 0.15) is 5.70 Å². The van der Waals surface area contributed by atoms with Gasteiger partial charge in [-0.2, -0.15) is 0 Å². The molecule has 5 nitrogen and oxygen atoms in total. The summed E-state index contributed by atoms with van der Waals surface area (Å²) in [7, 11) is 1.70. The van der Waals surface area contributed by atoms with Gasteiger partial charge in [-0.3, -0.25) is 9.59 Å². The normalized spacial score (nSPS) is 14.3. The fraction of sp³-hybridized carbons (Fsp3) is 0.273. The maximum Gasteiger partial charge on any atom is 0.282 e. The van der Waals surface area contributed by atoms with Crippen molar-refractivity contribution >= 4 is 34.7 Å². The molecule has 0 aliphatic carbocycles. The lowest BCUT2D eigenvalue weighted by atomic mass is 9.97. The zero-order valence-electron chi connectivity index (χ0n) is 16.4. The Morgan fingerprint density at radius 3 is 2.43 bits per heavy atom. The van der Waals surface area contributed by atoms with E-state index in [0.717, 1.165) is 11.1 Å². The van der Waals surface area contributed by atoms with Gasteiger partial charge in [0.05, 0.1) is 17.9 Å². The first-order valence-corrected chi connectivity index (χ1v) is 9.43. The molecule has 146 valence electrons. The predicted octanol–water partition coefficient (Wildman–Crippen LogP) is 3.47. The number of anilines is 1. The van der Waals surface area contributed by atoms with Crippen molar-refractivity contribution in [1.29, 1.82) is 0 Å². The minimum Gasteiger partial charge on any atom is -0.395 e. The second-order valence-corrected chi connectivity index (χ2v) is 7.42. The maximum atomic E-state index is 13.5. The van der Waals surface area contributed by atoms with Gasteiger partial charge in [-0.15, -0.1) is 0 Å². The molecule has 0 aromatic heterocycles. The molecule has 0 radical (unpaired) electrons. The number of aliphatic hydroxyl groups excluding tert-OH is 1. The molecule has 1 heterocycles. The van der Waals surface area contributed by atoms with Gasteiger partial charge in [-0.25, -0.2) is 4.90 Å². The molecule has 0 bridgehead atoms. The molecule has 0 fully saturated rings. The lowest BCUT2D eigenvalue weighted by molar-refractivity contribution is -0.120. The number of aryl methyl sites for hydroxylation is 2. The smallest absolute Gasteiger partial charge is 0.282 e.